The first-order valence-electron chi connectivity index (χ1n) is 3.85. The van der Waals surface area contributed by atoms with Crippen molar-refractivity contribution in [1.29, 1.82) is 0 Å². The maximum Gasteiger partial charge on any atom is 0.0263 e. The molecular weight excluding hydrogens is 156 g/mol. The van der Waals surface area contributed by atoms with Gasteiger partial charge in [-0.3, -0.25) is 0 Å². The maximum atomic E-state index is 5.64. The number of aryl methyl sites for hydroxylation is 3. The van der Waals surface area contributed by atoms with Crippen LogP contribution in [0.2, 0.25) is 0 Å². The second-order valence-corrected chi connectivity index (χ2v) is 3.31. The standard InChI is InChI=1S/C10H13Cl/c1-8-5-9(2)7-10(6-8)3-4-11/h5-7H,3-4H2,1-2H3. The number of rotatable bonds is 2. The highest BCUT2D eigenvalue weighted by Gasteiger charge is 1.93. The Hall–Kier alpha value is -0.490. The molecular formula is C10H13Cl. The molecule has 0 aromatic heterocycles. The summed E-state index contributed by atoms with van der Waals surface area (Å²) in [5.41, 5.74) is 3.99. The van der Waals surface area contributed by atoms with Crippen LogP contribution in [0, 0.1) is 13.8 Å². The Kier molecular flexibility index (Phi) is 2.95. The molecule has 0 N–H and O–H groups in total. The van der Waals surface area contributed by atoms with Gasteiger partial charge in [0.2, 0.25) is 0 Å². The number of hydrogen-bond acceptors (Lipinski definition) is 0. The van der Waals surface area contributed by atoms with Crippen LogP contribution in [0.4, 0.5) is 0 Å². The first kappa shape index (κ1) is 8.61. The molecule has 0 aliphatic heterocycles. The van der Waals surface area contributed by atoms with Gasteiger partial charge >= 0.3 is 0 Å². The Labute approximate surface area is 73.2 Å². The fraction of sp³-hybridized carbons (Fsp3) is 0.400. The summed E-state index contributed by atoms with van der Waals surface area (Å²) in [6, 6.07) is 6.56. The van der Waals surface area contributed by atoms with Crippen molar-refractivity contribution in [2.45, 2.75) is 20.3 Å². The summed E-state index contributed by atoms with van der Waals surface area (Å²) < 4.78 is 0. The van der Waals surface area contributed by atoms with Crippen molar-refractivity contribution in [1.82, 2.24) is 0 Å². The Bertz CT molecular complexity index is 220. The van der Waals surface area contributed by atoms with Crippen molar-refractivity contribution in [2.75, 3.05) is 5.88 Å². The van der Waals surface area contributed by atoms with E-state index >= 15 is 0 Å². The van der Waals surface area contributed by atoms with Gasteiger partial charge in [0.15, 0.2) is 0 Å². The number of alkyl halides is 1. The molecule has 1 heteroatoms. The molecule has 0 saturated heterocycles. The number of benzene rings is 1. The first-order valence-corrected chi connectivity index (χ1v) is 4.39. The van der Waals surface area contributed by atoms with Gasteiger partial charge in [-0.1, -0.05) is 29.3 Å². The van der Waals surface area contributed by atoms with Crippen molar-refractivity contribution in [3.8, 4) is 0 Å². The lowest BCUT2D eigenvalue weighted by Gasteiger charge is -2.01. The van der Waals surface area contributed by atoms with Crippen molar-refractivity contribution in [3.63, 3.8) is 0 Å². The second kappa shape index (κ2) is 3.77. The van der Waals surface area contributed by atoms with Crippen LogP contribution in [0.5, 0.6) is 0 Å². The monoisotopic (exact) mass is 168 g/mol. The van der Waals surface area contributed by atoms with Crippen LogP contribution >= 0.6 is 11.6 Å². The van der Waals surface area contributed by atoms with Gasteiger partial charge in [0.1, 0.15) is 0 Å². The van der Waals surface area contributed by atoms with E-state index in [1.165, 1.54) is 16.7 Å². The van der Waals surface area contributed by atoms with Gasteiger partial charge in [-0.2, -0.15) is 0 Å². The predicted molar refractivity (Wildman–Crippen MR) is 50.3 cm³/mol. The molecule has 0 spiro atoms. The zero-order chi connectivity index (χ0) is 8.27. The molecule has 0 nitrogen and oxygen atoms in total. The maximum absolute atomic E-state index is 5.64. The number of halogens is 1. The van der Waals surface area contributed by atoms with E-state index in [4.69, 9.17) is 11.6 Å². The fourth-order valence-corrected chi connectivity index (χ4v) is 1.54. The minimum atomic E-state index is 0.711. The molecule has 0 unspecified atom stereocenters. The molecule has 0 fully saturated rings. The average molecular weight is 169 g/mol. The zero-order valence-corrected chi connectivity index (χ0v) is 7.78. The molecule has 0 heterocycles. The molecule has 0 saturated carbocycles. The van der Waals surface area contributed by atoms with E-state index in [1.54, 1.807) is 0 Å². The van der Waals surface area contributed by atoms with Crippen LogP contribution in [0.1, 0.15) is 16.7 Å². The average Bonchev–Trinajstić information content (AvgIpc) is 1.85. The predicted octanol–water partition coefficient (Wildman–Crippen LogP) is 3.08. The molecule has 0 bridgehead atoms. The van der Waals surface area contributed by atoms with Crippen molar-refractivity contribution in [3.05, 3.63) is 34.9 Å². The van der Waals surface area contributed by atoms with E-state index in [-0.39, 0.29) is 0 Å². The minimum Gasteiger partial charge on any atom is -0.126 e. The molecule has 1 aromatic rings. The quantitative estimate of drug-likeness (QED) is 0.596. The highest BCUT2D eigenvalue weighted by atomic mass is 35.5. The van der Waals surface area contributed by atoms with E-state index in [2.05, 4.69) is 32.0 Å². The Morgan fingerprint density at radius 2 is 1.64 bits per heavy atom. The first-order chi connectivity index (χ1) is 5.22. The van der Waals surface area contributed by atoms with E-state index in [1.807, 2.05) is 0 Å². The third kappa shape index (κ3) is 2.55. The summed E-state index contributed by atoms with van der Waals surface area (Å²) in [4.78, 5) is 0. The van der Waals surface area contributed by atoms with E-state index in [9.17, 15) is 0 Å². The lowest BCUT2D eigenvalue weighted by atomic mass is 10.1. The number of hydrogen-bond donors (Lipinski definition) is 0. The third-order valence-corrected chi connectivity index (χ3v) is 1.85. The molecule has 0 amide bonds. The summed E-state index contributed by atoms with van der Waals surface area (Å²) in [5.74, 6) is 0.711. The highest BCUT2D eigenvalue weighted by molar-refractivity contribution is 6.17. The molecule has 1 rings (SSSR count). The summed E-state index contributed by atoms with van der Waals surface area (Å²) in [7, 11) is 0. The zero-order valence-electron chi connectivity index (χ0n) is 7.02. The van der Waals surface area contributed by atoms with E-state index < -0.39 is 0 Å². The van der Waals surface area contributed by atoms with Crippen molar-refractivity contribution in [2.24, 2.45) is 0 Å². The summed E-state index contributed by atoms with van der Waals surface area (Å²) in [6.45, 7) is 4.23. The molecule has 0 aliphatic carbocycles. The van der Waals surface area contributed by atoms with Crippen LogP contribution in [0.3, 0.4) is 0 Å². The highest BCUT2D eigenvalue weighted by Crippen LogP contribution is 2.09. The van der Waals surface area contributed by atoms with Gasteiger partial charge in [-0.05, 0) is 25.8 Å². The second-order valence-electron chi connectivity index (χ2n) is 2.93. The lowest BCUT2D eigenvalue weighted by Crippen LogP contribution is -1.88. The Morgan fingerprint density at radius 3 is 2.09 bits per heavy atom. The Morgan fingerprint density at radius 1 is 1.09 bits per heavy atom. The molecule has 60 valence electrons. The SMILES string of the molecule is Cc1cc(C)cc(CCCl)c1. The van der Waals surface area contributed by atoms with Crippen molar-refractivity contribution < 1.29 is 0 Å². The minimum absolute atomic E-state index is 0.711. The summed E-state index contributed by atoms with van der Waals surface area (Å²) in [5, 5.41) is 0. The fourth-order valence-electron chi connectivity index (χ4n) is 1.32. The van der Waals surface area contributed by atoms with Gasteiger partial charge in [-0.15, -0.1) is 11.6 Å². The van der Waals surface area contributed by atoms with E-state index in [0.29, 0.717) is 5.88 Å². The Balaban J connectivity index is 2.89. The van der Waals surface area contributed by atoms with Crippen molar-refractivity contribution >= 4 is 11.6 Å². The van der Waals surface area contributed by atoms with Gasteiger partial charge in [0.25, 0.3) is 0 Å². The van der Waals surface area contributed by atoms with E-state index in [0.717, 1.165) is 6.42 Å². The van der Waals surface area contributed by atoms with Crippen LogP contribution in [-0.4, -0.2) is 5.88 Å². The third-order valence-electron chi connectivity index (χ3n) is 1.66. The van der Waals surface area contributed by atoms with Crippen LogP contribution in [0.15, 0.2) is 18.2 Å². The topological polar surface area (TPSA) is 0 Å². The molecule has 0 aliphatic rings. The summed E-state index contributed by atoms with van der Waals surface area (Å²) >= 11 is 5.64. The van der Waals surface area contributed by atoms with Gasteiger partial charge in [0, 0.05) is 5.88 Å². The molecule has 0 atom stereocenters. The van der Waals surface area contributed by atoms with Crippen LogP contribution in [0.25, 0.3) is 0 Å². The van der Waals surface area contributed by atoms with Crippen LogP contribution in [-0.2, 0) is 6.42 Å². The molecule has 1 aromatic carbocycles. The smallest absolute Gasteiger partial charge is 0.0263 e. The molecule has 11 heavy (non-hydrogen) atoms. The van der Waals surface area contributed by atoms with Gasteiger partial charge < -0.3 is 0 Å². The normalized spacial score (nSPS) is 10.1. The molecule has 0 radical (unpaired) electrons. The largest absolute Gasteiger partial charge is 0.126 e. The summed E-state index contributed by atoms with van der Waals surface area (Å²) in [6.07, 6.45) is 0.976. The lowest BCUT2D eigenvalue weighted by molar-refractivity contribution is 1.13. The van der Waals surface area contributed by atoms with Gasteiger partial charge in [-0.25, -0.2) is 0 Å². The van der Waals surface area contributed by atoms with Crippen LogP contribution < -0.4 is 0 Å². The van der Waals surface area contributed by atoms with Gasteiger partial charge in [0.05, 0.1) is 0 Å².